The molecule has 0 bridgehead atoms. The SMILES string of the molecule is CCCNCc1ccnc(N(C)c2ccc(CC)cc2)c1. The Labute approximate surface area is 128 Å². The minimum atomic E-state index is 0.895. The van der Waals surface area contributed by atoms with E-state index < -0.39 is 0 Å². The van der Waals surface area contributed by atoms with E-state index in [0.717, 1.165) is 31.7 Å². The number of hydrogen-bond donors (Lipinski definition) is 1. The van der Waals surface area contributed by atoms with Crippen molar-refractivity contribution in [1.82, 2.24) is 10.3 Å². The maximum Gasteiger partial charge on any atom is 0.132 e. The third kappa shape index (κ3) is 4.30. The molecule has 1 heterocycles. The lowest BCUT2D eigenvalue weighted by Crippen LogP contribution is -2.15. The van der Waals surface area contributed by atoms with Gasteiger partial charge in [-0.15, -0.1) is 0 Å². The van der Waals surface area contributed by atoms with E-state index in [1.54, 1.807) is 0 Å². The van der Waals surface area contributed by atoms with E-state index in [4.69, 9.17) is 0 Å². The molecule has 0 unspecified atom stereocenters. The number of nitrogens with zero attached hydrogens (tertiary/aromatic N) is 2. The van der Waals surface area contributed by atoms with Gasteiger partial charge in [-0.25, -0.2) is 4.98 Å². The van der Waals surface area contributed by atoms with E-state index in [9.17, 15) is 0 Å². The number of aromatic nitrogens is 1. The van der Waals surface area contributed by atoms with Gasteiger partial charge in [0.1, 0.15) is 5.82 Å². The Bertz CT molecular complexity index is 549. The number of anilines is 2. The molecule has 0 radical (unpaired) electrons. The summed E-state index contributed by atoms with van der Waals surface area (Å²) in [6.07, 6.45) is 4.11. The summed E-state index contributed by atoms with van der Waals surface area (Å²) in [7, 11) is 2.06. The van der Waals surface area contributed by atoms with Crippen molar-refractivity contribution in [2.75, 3.05) is 18.5 Å². The van der Waals surface area contributed by atoms with Crippen molar-refractivity contribution in [1.29, 1.82) is 0 Å². The van der Waals surface area contributed by atoms with Crippen LogP contribution in [0.25, 0.3) is 0 Å². The summed E-state index contributed by atoms with van der Waals surface area (Å²) < 4.78 is 0. The van der Waals surface area contributed by atoms with Crippen LogP contribution in [-0.2, 0) is 13.0 Å². The molecule has 0 amide bonds. The van der Waals surface area contributed by atoms with Crippen LogP contribution in [0, 0.1) is 0 Å². The molecular formula is C18H25N3. The summed E-state index contributed by atoms with van der Waals surface area (Å²) in [5, 5.41) is 3.43. The van der Waals surface area contributed by atoms with Crippen molar-refractivity contribution in [3.05, 3.63) is 53.7 Å². The second-order valence-corrected chi connectivity index (χ2v) is 5.28. The predicted molar refractivity (Wildman–Crippen MR) is 90.1 cm³/mol. The van der Waals surface area contributed by atoms with Gasteiger partial charge in [0, 0.05) is 25.5 Å². The quantitative estimate of drug-likeness (QED) is 0.781. The molecule has 2 rings (SSSR count). The van der Waals surface area contributed by atoms with Crippen LogP contribution in [0.3, 0.4) is 0 Å². The molecular weight excluding hydrogens is 258 g/mol. The van der Waals surface area contributed by atoms with E-state index in [0.29, 0.717) is 0 Å². The zero-order chi connectivity index (χ0) is 15.1. The van der Waals surface area contributed by atoms with Gasteiger partial charge in [-0.1, -0.05) is 26.0 Å². The topological polar surface area (TPSA) is 28.2 Å². The first-order chi connectivity index (χ1) is 10.2. The lowest BCUT2D eigenvalue weighted by molar-refractivity contribution is 0.675. The average molecular weight is 283 g/mol. The second kappa shape index (κ2) is 7.79. The fourth-order valence-electron chi connectivity index (χ4n) is 2.25. The van der Waals surface area contributed by atoms with Crippen LogP contribution in [0.15, 0.2) is 42.6 Å². The predicted octanol–water partition coefficient (Wildman–Crippen LogP) is 3.91. The monoisotopic (exact) mass is 283 g/mol. The first-order valence-electron chi connectivity index (χ1n) is 7.73. The van der Waals surface area contributed by atoms with Crippen molar-refractivity contribution in [2.45, 2.75) is 33.2 Å². The molecule has 2 aromatic rings. The molecule has 0 saturated heterocycles. The summed E-state index contributed by atoms with van der Waals surface area (Å²) in [5.41, 5.74) is 3.79. The summed E-state index contributed by atoms with van der Waals surface area (Å²) in [6, 6.07) is 12.9. The Hall–Kier alpha value is -1.87. The highest BCUT2D eigenvalue weighted by Crippen LogP contribution is 2.22. The van der Waals surface area contributed by atoms with Crippen LogP contribution < -0.4 is 10.2 Å². The van der Waals surface area contributed by atoms with Gasteiger partial charge in [0.15, 0.2) is 0 Å². The molecule has 0 atom stereocenters. The maximum absolute atomic E-state index is 4.48. The highest BCUT2D eigenvalue weighted by atomic mass is 15.2. The minimum Gasteiger partial charge on any atom is -0.329 e. The lowest BCUT2D eigenvalue weighted by Gasteiger charge is -2.19. The van der Waals surface area contributed by atoms with Crippen LogP contribution in [-0.4, -0.2) is 18.6 Å². The standard InChI is InChI=1S/C18H25N3/c1-4-11-19-14-16-10-12-20-18(13-16)21(3)17-8-6-15(5-2)7-9-17/h6-10,12-13,19H,4-5,11,14H2,1-3H3. The molecule has 0 fully saturated rings. The van der Waals surface area contributed by atoms with Gasteiger partial charge < -0.3 is 10.2 Å². The Morgan fingerprint density at radius 3 is 2.48 bits per heavy atom. The molecule has 3 nitrogen and oxygen atoms in total. The van der Waals surface area contributed by atoms with Crippen molar-refractivity contribution in [3.8, 4) is 0 Å². The van der Waals surface area contributed by atoms with Crippen molar-refractivity contribution in [2.24, 2.45) is 0 Å². The van der Waals surface area contributed by atoms with Gasteiger partial charge in [-0.2, -0.15) is 0 Å². The van der Waals surface area contributed by atoms with Gasteiger partial charge in [-0.3, -0.25) is 0 Å². The van der Waals surface area contributed by atoms with Crippen LogP contribution >= 0.6 is 0 Å². The van der Waals surface area contributed by atoms with Gasteiger partial charge in [0.25, 0.3) is 0 Å². The molecule has 0 saturated carbocycles. The largest absolute Gasteiger partial charge is 0.329 e. The fraction of sp³-hybridized carbons (Fsp3) is 0.389. The summed E-state index contributed by atoms with van der Waals surface area (Å²) >= 11 is 0. The number of pyridine rings is 1. The Morgan fingerprint density at radius 1 is 1.05 bits per heavy atom. The highest BCUT2D eigenvalue weighted by molar-refractivity contribution is 5.59. The summed E-state index contributed by atoms with van der Waals surface area (Å²) in [4.78, 5) is 6.61. The normalized spacial score (nSPS) is 10.6. The smallest absolute Gasteiger partial charge is 0.132 e. The Balaban J connectivity index is 2.10. The zero-order valence-electron chi connectivity index (χ0n) is 13.3. The summed E-state index contributed by atoms with van der Waals surface area (Å²) in [6.45, 7) is 6.30. The third-order valence-electron chi connectivity index (χ3n) is 3.64. The summed E-state index contributed by atoms with van der Waals surface area (Å²) in [5.74, 6) is 0.982. The highest BCUT2D eigenvalue weighted by Gasteiger charge is 2.06. The van der Waals surface area contributed by atoms with Crippen LogP contribution in [0.4, 0.5) is 11.5 Å². The van der Waals surface area contributed by atoms with E-state index in [2.05, 4.69) is 72.5 Å². The minimum absolute atomic E-state index is 0.895. The van der Waals surface area contributed by atoms with E-state index in [-0.39, 0.29) is 0 Å². The van der Waals surface area contributed by atoms with E-state index in [1.807, 2.05) is 6.20 Å². The molecule has 1 aromatic carbocycles. The first kappa shape index (κ1) is 15.5. The molecule has 0 aliphatic carbocycles. The molecule has 21 heavy (non-hydrogen) atoms. The maximum atomic E-state index is 4.48. The average Bonchev–Trinajstić information content (AvgIpc) is 2.55. The second-order valence-electron chi connectivity index (χ2n) is 5.28. The van der Waals surface area contributed by atoms with Crippen molar-refractivity contribution in [3.63, 3.8) is 0 Å². The Kier molecular flexibility index (Phi) is 5.76. The number of aryl methyl sites for hydroxylation is 1. The molecule has 0 aliphatic heterocycles. The fourth-order valence-corrected chi connectivity index (χ4v) is 2.25. The van der Waals surface area contributed by atoms with Crippen LogP contribution in [0.1, 0.15) is 31.4 Å². The Morgan fingerprint density at radius 2 is 1.81 bits per heavy atom. The number of nitrogens with one attached hydrogen (secondary N) is 1. The van der Waals surface area contributed by atoms with Gasteiger partial charge in [0.05, 0.1) is 0 Å². The van der Waals surface area contributed by atoms with E-state index in [1.165, 1.54) is 16.8 Å². The molecule has 1 N–H and O–H groups in total. The first-order valence-corrected chi connectivity index (χ1v) is 7.73. The number of rotatable bonds is 7. The van der Waals surface area contributed by atoms with Crippen molar-refractivity contribution < 1.29 is 0 Å². The molecule has 112 valence electrons. The van der Waals surface area contributed by atoms with Gasteiger partial charge >= 0.3 is 0 Å². The number of hydrogen-bond acceptors (Lipinski definition) is 3. The van der Waals surface area contributed by atoms with Gasteiger partial charge in [0.2, 0.25) is 0 Å². The molecule has 0 aliphatic rings. The number of benzene rings is 1. The van der Waals surface area contributed by atoms with Crippen LogP contribution in [0.5, 0.6) is 0 Å². The molecule has 1 aromatic heterocycles. The van der Waals surface area contributed by atoms with Crippen LogP contribution in [0.2, 0.25) is 0 Å². The zero-order valence-corrected chi connectivity index (χ0v) is 13.3. The van der Waals surface area contributed by atoms with Crippen molar-refractivity contribution >= 4 is 11.5 Å². The van der Waals surface area contributed by atoms with Gasteiger partial charge in [-0.05, 0) is 54.8 Å². The third-order valence-corrected chi connectivity index (χ3v) is 3.64. The lowest BCUT2D eigenvalue weighted by atomic mass is 10.1. The van der Waals surface area contributed by atoms with E-state index >= 15 is 0 Å². The molecule has 3 heteroatoms. The molecule has 0 spiro atoms.